The molecule has 2 aromatic rings. The number of rotatable bonds is 7. The van der Waals surface area contributed by atoms with Crippen LogP contribution in [0.4, 0.5) is 4.39 Å². The summed E-state index contributed by atoms with van der Waals surface area (Å²) < 4.78 is 24.0. The maximum atomic E-state index is 13.3. The number of ether oxygens (including phenoxy) is 2. The number of halogens is 2. The van der Waals surface area contributed by atoms with E-state index in [0.717, 1.165) is 17.1 Å². The fourth-order valence-corrected chi connectivity index (χ4v) is 2.23. The van der Waals surface area contributed by atoms with Crippen LogP contribution in [0.15, 0.2) is 47.5 Å². The Balaban J connectivity index is 0.00000338. The minimum Gasteiger partial charge on any atom is -0.497 e. The summed E-state index contributed by atoms with van der Waals surface area (Å²) in [6.07, 6.45) is 0. The Hall–Kier alpha value is -2.03. The van der Waals surface area contributed by atoms with Gasteiger partial charge in [-0.25, -0.2) is 4.39 Å². The van der Waals surface area contributed by atoms with E-state index in [1.807, 2.05) is 30.3 Å². The highest BCUT2D eigenvalue weighted by molar-refractivity contribution is 14.0. The number of methoxy groups -OCH3 is 1. The van der Waals surface area contributed by atoms with Crippen LogP contribution in [-0.2, 0) is 6.54 Å². The van der Waals surface area contributed by atoms with Gasteiger partial charge in [-0.3, -0.25) is 4.99 Å². The zero-order chi connectivity index (χ0) is 18.1. The van der Waals surface area contributed by atoms with E-state index in [4.69, 9.17) is 9.47 Å². The SMILES string of the molecule is CN=C(NCCOc1ccc(OC)cc1)NCc1ccc(F)c(C)c1.I. The van der Waals surface area contributed by atoms with E-state index in [1.165, 1.54) is 6.07 Å². The van der Waals surface area contributed by atoms with Gasteiger partial charge in [-0.05, 0) is 48.4 Å². The number of hydrogen-bond acceptors (Lipinski definition) is 3. The highest BCUT2D eigenvalue weighted by Gasteiger charge is 2.02. The minimum atomic E-state index is -0.193. The fraction of sp³-hybridized carbons (Fsp3) is 0.316. The maximum absolute atomic E-state index is 13.3. The van der Waals surface area contributed by atoms with Gasteiger partial charge in [0.15, 0.2) is 5.96 Å². The van der Waals surface area contributed by atoms with E-state index < -0.39 is 0 Å². The summed E-state index contributed by atoms with van der Waals surface area (Å²) in [6.45, 7) is 3.43. The first-order chi connectivity index (χ1) is 12.1. The molecule has 0 unspecified atom stereocenters. The van der Waals surface area contributed by atoms with Crippen LogP contribution in [-0.4, -0.2) is 33.3 Å². The zero-order valence-corrected chi connectivity index (χ0v) is 17.5. The molecule has 26 heavy (non-hydrogen) atoms. The highest BCUT2D eigenvalue weighted by Crippen LogP contribution is 2.16. The van der Waals surface area contributed by atoms with Gasteiger partial charge in [0.05, 0.1) is 13.7 Å². The molecule has 0 aliphatic heterocycles. The lowest BCUT2D eigenvalue weighted by Crippen LogP contribution is -2.38. The molecule has 0 saturated carbocycles. The zero-order valence-electron chi connectivity index (χ0n) is 15.2. The lowest BCUT2D eigenvalue weighted by molar-refractivity contribution is 0.321. The third kappa shape index (κ3) is 7.07. The van der Waals surface area contributed by atoms with Crippen molar-refractivity contribution in [2.75, 3.05) is 27.3 Å². The van der Waals surface area contributed by atoms with E-state index in [0.29, 0.717) is 31.2 Å². The molecular weight excluding hydrogens is 448 g/mol. The van der Waals surface area contributed by atoms with Crippen molar-refractivity contribution in [3.8, 4) is 11.5 Å². The van der Waals surface area contributed by atoms with Gasteiger partial charge in [-0.15, -0.1) is 24.0 Å². The van der Waals surface area contributed by atoms with E-state index >= 15 is 0 Å². The summed E-state index contributed by atoms with van der Waals surface area (Å²) in [5, 5.41) is 6.36. The number of benzene rings is 2. The molecule has 0 aromatic heterocycles. The van der Waals surface area contributed by atoms with Crippen LogP contribution in [0.25, 0.3) is 0 Å². The van der Waals surface area contributed by atoms with E-state index in [1.54, 1.807) is 27.1 Å². The fourth-order valence-electron chi connectivity index (χ4n) is 2.23. The molecule has 7 heteroatoms. The van der Waals surface area contributed by atoms with Gasteiger partial charge < -0.3 is 20.1 Å². The Morgan fingerprint density at radius 1 is 1.08 bits per heavy atom. The number of guanidine groups is 1. The molecule has 0 fully saturated rings. The first-order valence-corrected chi connectivity index (χ1v) is 8.09. The third-order valence-electron chi connectivity index (χ3n) is 3.63. The molecule has 0 heterocycles. The predicted octanol–water partition coefficient (Wildman–Crippen LogP) is 3.50. The number of aryl methyl sites for hydroxylation is 1. The molecule has 0 aliphatic carbocycles. The normalized spacial score (nSPS) is 10.7. The number of hydrogen-bond donors (Lipinski definition) is 2. The summed E-state index contributed by atoms with van der Waals surface area (Å²) in [6, 6.07) is 12.5. The molecular formula is C19H25FIN3O2. The van der Waals surface area contributed by atoms with Crippen LogP contribution in [0.1, 0.15) is 11.1 Å². The molecule has 0 spiro atoms. The van der Waals surface area contributed by atoms with Gasteiger partial charge in [0.25, 0.3) is 0 Å². The van der Waals surface area contributed by atoms with Crippen molar-refractivity contribution in [1.29, 1.82) is 0 Å². The molecule has 0 aliphatic rings. The maximum Gasteiger partial charge on any atom is 0.191 e. The number of aliphatic imine (C=N–C) groups is 1. The van der Waals surface area contributed by atoms with Crippen LogP contribution >= 0.6 is 24.0 Å². The van der Waals surface area contributed by atoms with Crippen molar-refractivity contribution >= 4 is 29.9 Å². The molecule has 2 rings (SSSR count). The Kier molecular flexibility index (Phi) is 9.79. The smallest absolute Gasteiger partial charge is 0.191 e. The van der Waals surface area contributed by atoms with Crippen LogP contribution in [0.5, 0.6) is 11.5 Å². The Morgan fingerprint density at radius 3 is 2.38 bits per heavy atom. The largest absolute Gasteiger partial charge is 0.497 e. The second kappa shape index (κ2) is 11.6. The first-order valence-electron chi connectivity index (χ1n) is 8.09. The molecule has 0 atom stereocenters. The van der Waals surface area contributed by atoms with Gasteiger partial charge in [-0.2, -0.15) is 0 Å². The molecule has 2 aromatic carbocycles. The molecule has 0 radical (unpaired) electrons. The van der Waals surface area contributed by atoms with Crippen molar-refractivity contribution in [2.24, 2.45) is 4.99 Å². The first kappa shape index (κ1) is 22.0. The topological polar surface area (TPSA) is 54.9 Å². The second-order valence-electron chi connectivity index (χ2n) is 5.46. The van der Waals surface area contributed by atoms with E-state index in [9.17, 15) is 4.39 Å². The van der Waals surface area contributed by atoms with Gasteiger partial charge in [0.1, 0.15) is 23.9 Å². The van der Waals surface area contributed by atoms with Gasteiger partial charge in [0, 0.05) is 13.6 Å². The number of nitrogens with zero attached hydrogens (tertiary/aromatic N) is 1. The van der Waals surface area contributed by atoms with E-state index in [-0.39, 0.29) is 29.8 Å². The summed E-state index contributed by atoms with van der Waals surface area (Å²) in [5.41, 5.74) is 1.63. The minimum absolute atomic E-state index is 0. The number of nitrogens with one attached hydrogen (secondary N) is 2. The average molecular weight is 473 g/mol. The Morgan fingerprint density at radius 2 is 1.77 bits per heavy atom. The van der Waals surface area contributed by atoms with Crippen LogP contribution in [0, 0.1) is 12.7 Å². The van der Waals surface area contributed by atoms with Crippen molar-refractivity contribution in [3.63, 3.8) is 0 Å². The van der Waals surface area contributed by atoms with Crippen molar-refractivity contribution < 1.29 is 13.9 Å². The quantitative estimate of drug-likeness (QED) is 0.280. The van der Waals surface area contributed by atoms with Crippen LogP contribution < -0.4 is 20.1 Å². The Bertz CT molecular complexity index is 708. The van der Waals surface area contributed by atoms with Crippen molar-refractivity contribution in [2.45, 2.75) is 13.5 Å². The van der Waals surface area contributed by atoms with Gasteiger partial charge >= 0.3 is 0 Å². The van der Waals surface area contributed by atoms with Crippen molar-refractivity contribution in [1.82, 2.24) is 10.6 Å². The summed E-state index contributed by atoms with van der Waals surface area (Å²) in [4.78, 5) is 4.16. The predicted molar refractivity (Wildman–Crippen MR) is 113 cm³/mol. The van der Waals surface area contributed by atoms with Crippen LogP contribution in [0.3, 0.4) is 0 Å². The summed E-state index contributed by atoms with van der Waals surface area (Å²) >= 11 is 0. The highest BCUT2D eigenvalue weighted by atomic mass is 127. The monoisotopic (exact) mass is 473 g/mol. The summed E-state index contributed by atoms with van der Waals surface area (Å²) in [7, 11) is 3.33. The molecule has 0 bridgehead atoms. The Labute approximate surface area is 171 Å². The standard InChI is InChI=1S/C19H24FN3O2.HI/c1-14-12-15(4-9-18(14)20)13-23-19(21-2)22-10-11-25-17-7-5-16(24-3)6-8-17;/h4-9,12H,10-11,13H2,1-3H3,(H2,21,22,23);1H. The molecule has 0 saturated heterocycles. The second-order valence-corrected chi connectivity index (χ2v) is 5.46. The average Bonchev–Trinajstić information content (AvgIpc) is 2.64. The lowest BCUT2D eigenvalue weighted by Gasteiger charge is -2.13. The molecule has 142 valence electrons. The molecule has 0 amide bonds. The lowest BCUT2D eigenvalue weighted by atomic mass is 10.1. The molecule has 5 nitrogen and oxygen atoms in total. The van der Waals surface area contributed by atoms with Crippen molar-refractivity contribution in [3.05, 3.63) is 59.4 Å². The van der Waals surface area contributed by atoms with E-state index in [2.05, 4.69) is 15.6 Å². The molecule has 2 N–H and O–H groups in total. The third-order valence-corrected chi connectivity index (χ3v) is 3.63. The van der Waals surface area contributed by atoms with Gasteiger partial charge in [0.2, 0.25) is 0 Å². The van der Waals surface area contributed by atoms with Gasteiger partial charge in [-0.1, -0.05) is 12.1 Å². The van der Waals surface area contributed by atoms with Crippen LogP contribution in [0.2, 0.25) is 0 Å². The summed E-state index contributed by atoms with van der Waals surface area (Å²) in [5.74, 6) is 2.06.